The van der Waals surface area contributed by atoms with Crippen LogP contribution in [0, 0.1) is 9.49 Å². The number of hydrogen-bond acceptors (Lipinski definition) is 2. The van der Waals surface area contributed by atoms with E-state index in [1.807, 2.05) is 0 Å². The molecular weight excluding hydrogens is 369 g/mol. The standard InChI is InChI=1S/C11H13BrINO/c12-10-1-2-11(13)9(3-10)6-14-4-8(5-14)7-15/h1-3,8,15H,4-7H2. The van der Waals surface area contributed by atoms with E-state index in [1.54, 1.807) is 0 Å². The Morgan fingerprint density at radius 3 is 2.87 bits per heavy atom. The first-order chi connectivity index (χ1) is 7.19. The van der Waals surface area contributed by atoms with Gasteiger partial charge >= 0.3 is 0 Å². The van der Waals surface area contributed by atoms with Gasteiger partial charge in [-0.05, 0) is 46.4 Å². The molecule has 0 spiro atoms. The Morgan fingerprint density at radius 1 is 1.47 bits per heavy atom. The van der Waals surface area contributed by atoms with Gasteiger partial charge in [0.2, 0.25) is 0 Å². The Balaban J connectivity index is 1.97. The summed E-state index contributed by atoms with van der Waals surface area (Å²) in [6, 6.07) is 6.37. The third-order valence-corrected chi connectivity index (χ3v) is 4.24. The van der Waals surface area contributed by atoms with E-state index in [2.05, 4.69) is 61.6 Å². The normalized spacial score (nSPS) is 17.8. The molecule has 0 aliphatic carbocycles. The molecule has 1 aliphatic heterocycles. The molecule has 1 aromatic rings. The molecule has 1 aromatic carbocycles. The third-order valence-electron chi connectivity index (χ3n) is 2.69. The smallest absolute Gasteiger partial charge is 0.0483 e. The minimum Gasteiger partial charge on any atom is -0.396 e. The molecule has 1 aliphatic rings. The van der Waals surface area contributed by atoms with Crippen LogP contribution in [-0.4, -0.2) is 29.7 Å². The Hall–Kier alpha value is 0.350. The fraction of sp³-hybridized carbons (Fsp3) is 0.455. The molecule has 0 bridgehead atoms. The van der Waals surface area contributed by atoms with Crippen LogP contribution in [0.3, 0.4) is 0 Å². The number of halogens is 2. The van der Waals surface area contributed by atoms with Crippen molar-refractivity contribution < 1.29 is 5.11 Å². The summed E-state index contributed by atoms with van der Waals surface area (Å²) >= 11 is 5.86. The van der Waals surface area contributed by atoms with Crippen LogP contribution < -0.4 is 0 Å². The highest BCUT2D eigenvalue weighted by atomic mass is 127. The fourth-order valence-electron chi connectivity index (χ4n) is 1.83. The van der Waals surface area contributed by atoms with Crippen LogP contribution in [0.5, 0.6) is 0 Å². The summed E-state index contributed by atoms with van der Waals surface area (Å²) in [5, 5.41) is 8.93. The number of rotatable bonds is 3. The first-order valence-electron chi connectivity index (χ1n) is 4.96. The van der Waals surface area contributed by atoms with Crippen molar-refractivity contribution in [1.29, 1.82) is 0 Å². The quantitative estimate of drug-likeness (QED) is 0.813. The lowest BCUT2D eigenvalue weighted by Crippen LogP contribution is -2.47. The van der Waals surface area contributed by atoms with Gasteiger partial charge in [0.1, 0.15) is 0 Å². The molecule has 1 N–H and O–H groups in total. The van der Waals surface area contributed by atoms with Gasteiger partial charge < -0.3 is 5.11 Å². The van der Waals surface area contributed by atoms with Crippen molar-refractivity contribution in [1.82, 2.24) is 4.90 Å². The SMILES string of the molecule is OCC1CN(Cc2cc(Br)ccc2I)C1. The predicted octanol–water partition coefficient (Wildman–Crippen LogP) is 2.48. The Bertz CT molecular complexity index is 352. The largest absolute Gasteiger partial charge is 0.396 e. The Labute approximate surface area is 112 Å². The van der Waals surface area contributed by atoms with E-state index in [0.717, 1.165) is 24.1 Å². The van der Waals surface area contributed by atoms with Crippen molar-refractivity contribution in [3.8, 4) is 0 Å². The molecule has 82 valence electrons. The van der Waals surface area contributed by atoms with Crippen LogP contribution in [0.2, 0.25) is 0 Å². The van der Waals surface area contributed by atoms with Crippen LogP contribution in [-0.2, 0) is 6.54 Å². The number of aliphatic hydroxyl groups is 1. The average molecular weight is 382 g/mol. The van der Waals surface area contributed by atoms with E-state index < -0.39 is 0 Å². The van der Waals surface area contributed by atoms with Crippen molar-refractivity contribution in [3.05, 3.63) is 31.8 Å². The predicted molar refractivity (Wildman–Crippen MR) is 72.7 cm³/mol. The highest BCUT2D eigenvalue weighted by Gasteiger charge is 2.25. The van der Waals surface area contributed by atoms with Gasteiger partial charge in [-0.2, -0.15) is 0 Å². The van der Waals surface area contributed by atoms with E-state index in [-0.39, 0.29) is 0 Å². The average Bonchev–Trinajstić information content (AvgIpc) is 2.16. The molecule has 1 heterocycles. The molecule has 0 atom stereocenters. The van der Waals surface area contributed by atoms with Crippen molar-refractivity contribution in [2.75, 3.05) is 19.7 Å². The zero-order chi connectivity index (χ0) is 10.8. The molecule has 15 heavy (non-hydrogen) atoms. The monoisotopic (exact) mass is 381 g/mol. The zero-order valence-electron chi connectivity index (χ0n) is 8.29. The molecule has 1 fully saturated rings. The number of likely N-dealkylation sites (tertiary alicyclic amines) is 1. The summed E-state index contributed by atoms with van der Waals surface area (Å²) in [7, 11) is 0. The summed E-state index contributed by atoms with van der Waals surface area (Å²) in [5.74, 6) is 0.495. The lowest BCUT2D eigenvalue weighted by molar-refractivity contribution is 0.0477. The molecule has 0 saturated carbocycles. The summed E-state index contributed by atoms with van der Waals surface area (Å²) in [6.07, 6.45) is 0. The van der Waals surface area contributed by atoms with Gasteiger partial charge in [-0.25, -0.2) is 0 Å². The maximum atomic E-state index is 8.93. The van der Waals surface area contributed by atoms with Gasteiger partial charge in [0.25, 0.3) is 0 Å². The van der Waals surface area contributed by atoms with Gasteiger partial charge in [0.15, 0.2) is 0 Å². The first kappa shape index (κ1) is 11.8. The fourth-order valence-corrected chi connectivity index (χ4v) is 2.74. The summed E-state index contributed by atoms with van der Waals surface area (Å²) in [4.78, 5) is 2.37. The van der Waals surface area contributed by atoms with Crippen molar-refractivity contribution in [2.45, 2.75) is 6.54 Å². The number of aliphatic hydroxyl groups excluding tert-OH is 1. The van der Waals surface area contributed by atoms with Gasteiger partial charge in [0.05, 0.1) is 0 Å². The molecule has 0 radical (unpaired) electrons. The summed E-state index contributed by atoms with van der Waals surface area (Å²) in [6.45, 7) is 3.37. The number of nitrogens with zero attached hydrogens (tertiary/aromatic N) is 1. The topological polar surface area (TPSA) is 23.5 Å². The Morgan fingerprint density at radius 2 is 2.20 bits per heavy atom. The molecular formula is C11H13BrINO. The van der Waals surface area contributed by atoms with Crippen LogP contribution in [0.15, 0.2) is 22.7 Å². The molecule has 2 nitrogen and oxygen atoms in total. The molecule has 0 aromatic heterocycles. The summed E-state index contributed by atoms with van der Waals surface area (Å²) < 4.78 is 2.44. The van der Waals surface area contributed by atoms with Gasteiger partial charge in [-0.1, -0.05) is 15.9 Å². The van der Waals surface area contributed by atoms with Crippen LogP contribution in [0.25, 0.3) is 0 Å². The van der Waals surface area contributed by atoms with Gasteiger partial charge in [-0.3, -0.25) is 4.90 Å². The molecule has 4 heteroatoms. The second-order valence-electron chi connectivity index (χ2n) is 3.98. The number of hydrogen-bond donors (Lipinski definition) is 1. The minimum atomic E-state index is 0.325. The van der Waals surface area contributed by atoms with Gasteiger partial charge in [-0.15, -0.1) is 0 Å². The second kappa shape index (κ2) is 5.12. The zero-order valence-corrected chi connectivity index (χ0v) is 12.0. The van der Waals surface area contributed by atoms with E-state index in [4.69, 9.17) is 5.11 Å². The maximum Gasteiger partial charge on any atom is 0.0483 e. The molecule has 0 unspecified atom stereocenters. The van der Waals surface area contributed by atoms with E-state index >= 15 is 0 Å². The van der Waals surface area contributed by atoms with E-state index in [0.29, 0.717) is 12.5 Å². The molecule has 0 amide bonds. The van der Waals surface area contributed by atoms with Crippen molar-refractivity contribution in [3.63, 3.8) is 0 Å². The van der Waals surface area contributed by atoms with Crippen LogP contribution in [0.4, 0.5) is 0 Å². The lowest BCUT2D eigenvalue weighted by Gasteiger charge is -2.38. The van der Waals surface area contributed by atoms with E-state index in [9.17, 15) is 0 Å². The lowest BCUT2D eigenvalue weighted by atomic mass is 10.0. The van der Waals surface area contributed by atoms with Crippen LogP contribution in [0.1, 0.15) is 5.56 Å². The highest BCUT2D eigenvalue weighted by Crippen LogP contribution is 2.23. The van der Waals surface area contributed by atoms with Gasteiger partial charge in [0, 0.05) is 40.2 Å². The van der Waals surface area contributed by atoms with E-state index in [1.165, 1.54) is 9.13 Å². The maximum absolute atomic E-state index is 8.93. The minimum absolute atomic E-state index is 0.325. The second-order valence-corrected chi connectivity index (χ2v) is 6.06. The molecule has 1 saturated heterocycles. The van der Waals surface area contributed by atoms with Crippen molar-refractivity contribution in [2.24, 2.45) is 5.92 Å². The first-order valence-corrected chi connectivity index (χ1v) is 6.83. The number of benzene rings is 1. The summed E-state index contributed by atoms with van der Waals surface area (Å²) in [5.41, 5.74) is 1.36. The Kier molecular flexibility index (Phi) is 4.04. The third kappa shape index (κ3) is 2.93. The highest BCUT2D eigenvalue weighted by molar-refractivity contribution is 14.1. The van der Waals surface area contributed by atoms with Crippen molar-refractivity contribution >= 4 is 38.5 Å². The van der Waals surface area contributed by atoms with Crippen LogP contribution >= 0.6 is 38.5 Å². The molecule has 2 rings (SSSR count).